The van der Waals surface area contributed by atoms with Crippen LogP contribution in [0.15, 0.2) is 29.3 Å². The van der Waals surface area contributed by atoms with Gasteiger partial charge in [0.25, 0.3) is 0 Å². The minimum absolute atomic E-state index is 0.551. The van der Waals surface area contributed by atoms with Crippen LogP contribution in [0.1, 0.15) is 5.56 Å². The second kappa shape index (κ2) is 5.00. The number of aldehydes is 1. The summed E-state index contributed by atoms with van der Waals surface area (Å²) in [7, 11) is 0. The number of benzene rings is 1. The first-order valence-corrected chi connectivity index (χ1v) is 3.91. The van der Waals surface area contributed by atoms with Crippen molar-refractivity contribution in [3.63, 3.8) is 0 Å². The van der Waals surface area contributed by atoms with Gasteiger partial charge in [0.15, 0.2) is 6.29 Å². The topological polar surface area (TPSA) is 29.4 Å². The van der Waals surface area contributed by atoms with Crippen LogP contribution in [-0.2, 0) is 4.79 Å². The van der Waals surface area contributed by atoms with Crippen LogP contribution < -0.4 is 0 Å². The van der Waals surface area contributed by atoms with E-state index in [9.17, 15) is 4.79 Å². The summed E-state index contributed by atoms with van der Waals surface area (Å²) in [5, 5.41) is 2.26. The number of carbonyl (C=O) groups excluding carboxylic acids is 1. The Labute approximate surface area is 81.3 Å². The smallest absolute Gasteiger partial charge is 0.193 e. The Bertz CT molecular complexity index is 422. The number of rotatable bonds is 1. The van der Waals surface area contributed by atoms with Gasteiger partial charge >= 0.3 is 0 Å². The van der Waals surface area contributed by atoms with E-state index in [1.807, 2.05) is 0 Å². The van der Waals surface area contributed by atoms with Crippen molar-refractivity contribution in [3.8, 4) is 11.8 Å². The second-order valence-electron chi connectivity index (χ2n) is 2.14. The molecule has 0 atom stereocenters. The molecule has 0 spiro atoms. The monoisotopic (exact) mass is 187 g/mol. The van der Waals surface area contributed by atoms with Gasteiger partial charge in [-0.2, -0.15) is 4.99 Å². The fourth-order valence-corrected chi connectivity index (χ4v) is 0.924. The van der Waals surface area contributed by atoms with E-state index in [0.29, 0.717) is 12.0 Å². The summed E-state index contributed by atoms with van der Waals surface area (Å²) >= 11 is 4.46. The van der Waals surface area contributed by atoms with Gasteiger partial charge < -0.3 is 0 Å². The molecule has 1 rings (SSSR count). The van der Waals surface area contributed by atoms with E-state index >= 15 is 0 Å². The molecule has 0 amide bonds. The van der Waals surface area contributed by atoms with Gasteiger partial charge in [0, 0.05) is 5.56 Å². The van der Waals surface area contributed by atoms with Crippen LogP contribution in [0.25, 0.3) is 0 Å². The number of hydrogen-bond acceptors (Lipinski definition) is 3. The molecule has 0 bridgehead atoms. The van der Waals surface area contributed by atoms with E-state index in [1.165, 1.54) is 0 Å². The molecular weight excluding hydrogens is 182 g/mol. The summed E-state index contributed by atoms with van der Waals surface area (Å²) in [6, 6.07) is 7.10. The minimum Gasteiger partial charge on any atom is -0.289 e. The second-order valence-corrected chi connectivity index (χ2v) is 2.32. The van der Waals surface area contributed by atoms with Gasteiger partial charge in [0.05, 0.1) is 10.8 Å². The standard InChI is InChI=1S/C10H5NOS/c12-6-2-4-9-3-1-5-10(7-9)11-8-13/h1,3,5-7H. The van der Waals surface area contributed by atoms with Crippen molar-refractivity contribution in [2.24, 2.45) is 4.99 Å². The number of carbonyl (C=O) groups is 1. The highest BCUT2D eigenvalue weighted by atomic mass is 32.1. The van der Waals surface area contributed by atoms with Gasteiger partial charge in [-0.1, -0.05) is 12.0 Å². The van der Waals surface area contributed by atoms with Gasteiger partial charge in [-0.3, -0.25) is 4.79 Å². The van der Waals surface area contributed by atoms with Crippen molar-refractivity contribution < 1.29 is 4.79 Å². The van der Waals surface area contributed by atoms with Gasteiger partial charge in [-0.25, -0.2) is 0 Å². The predicted molar refractivity (Wildman–Crippen MR) is 54.1 cm³/mol. The molecule has 1 aromatic rings. The lowest BCUT2D eigenvalue weighted by atomic mass is 10.2. The third kappa shape index (κ3) is 3.00. The molecule has 0 radical (unpaired) electrons. The quantitative estimate of drug-likeness (QED) is 0.291. The molecule has 0 fully saturated rings. The first kappa shape index (κ1) is 9.34. The molecule has 0 heterocycles. The molecule has 0 aliphatic heterocycles. The zero-order valence-electron chi connectivity index (χ0n) is 6.65. The Morgan fingerprint density at radius 2 is 2.31 bits per heavy atom. The van der Waals surface area contributed by atoms with E-state index in [1.54, 1.807) is 24.3 Å². The number of aliphatic imine (C=N–C) groups is 1. The van der Waals surface area contributed by atoms with E-state index in [0.717, 1.165) is 5.56 Å². The average Bonchev–Trinajstić information content (AvgIpc) is 2.16. The number of isothiocyanates is 1. The maximum Gasteiger partial charge on any atom is 0.193 e. The van der Waals surface area contributed by atoms with E-state index in [-0.39, 0.29) is 0 Å². The van der Waals surface area contributed by atoms with Crippen molar-refractivity contribution in [1.29, 1.82) is 0 Å². The van der Waals surface area contributed by atoms with Crippen LogP contribution in [0.5, 0.6) is 0 Å². The van der Waals surface area contributed by atoms with Crippen LogP contribution >= 0.6 is 12.2 Å². The number of thiocarbonyl (C=S) groups is 1. The molecule has 0 aromatic heterocycles. The minimum atomic E-state index is 0.551. The van der Waals surface area contributed by atoms with Crippen molar-refractivity contribution in [3.05, 3.63) is 29.8 Å². The molecule has 0 N–H and O–H groups in total. The van der Waals surface area contributed by atoms with Crippen LogP contribution in [0, 0.1) is 11.8 Å². The van der Waals surface area contributed by atoms with Gasteiger partial charge in [-0.15, -0.1) is 0 Å². The van der Waals surface area contributed by atoms with E-state index in [2.05, 4.69) is 34.2 Å². The molecule has 1 aromatic carbocycles. The maximum atomic E-state index is 9.96. The third-order valence-corrected chi connectivity index (χ3v) is 1.39. The van der Waals surface area contributed by atoms with Gasteiger partial charge in [0.2, 0.25) is 0 Å². The first-order valence-electron chi connectivity index (χ1n) is 3.50. The molecule has 2 nitrogen and oxygen atoms in total. The Balaban J connectivity index is 3.04. The third-order valence-electron chi connectivity index (χ3n) is 1.30. The molecule has 3 heteroatoms. The largest absolute Gasteiger partial charge is 0.289 e. The summed E-state index contributed by atoms with van der Waals surface area (Å²) in [5.74, 6) is 4.97. The van der Waals surface area contributed by atoms with Crippen LogP contribution in [0.4, 0.5) is 5.69 Å². The molecule has 13 heavy (non-hydrogen) atoms. The van der Waals surface area contributed by atoms with Crippen molar-refractivity contribution in [1.82, 2.24) is 0 Å². The lowest BCUT2D eigenvalue weighted by Gasteiger charge is -1.90. The fraction of sp³-hybridized carbons (Fsp3) is 0. The Kier molecular flexibility index (Phi) is 3.59. The van der Waals surface area contributed by atoms with E-state index in [4.69, 9.17) is 0 Å². The van der Waals surface area contributed by atoms with Crippen LogP contribution in [0.2, 0.25) is 0 Å². The van der Waals surface area contributed by atoms with Crippen LogP contribution in [-0.4, -0.2) is 11.4 Å². The average molecular weight is 187 g/mol. The highest BCUT2D eigenvalue weighted by molar-refractivity contribution is 7.78. The summed E-state index contributed by atoms with van der Waals surface area (Å²) in [6.07, 6.45) is 0.551. The summed E-state index contributed by atoms with van der Waals surface area (Å²) < 4.78 is 0. The Hall–Kier alpha value is -1.75. The predicted octanol–water partition coefficient (Wildman–Crippen LogP) is 1.97. The summed E-state index contributed by atoms with van der Waals surface area (Å²) in [5.41, 5.74) is 1.42. The molecule has 0 aliphatic rings. The molecule has 62 valence electrons. The number of hydrogen-bond donors (Lipinski definition) is 0. The fourth-order valence-electron chi connectivity index (χ4n) is 0.819. The van der Waals surface area contributed by atoms with Crippen molar-refractivity contribution in [2.75, 3.05) is 0 Å². The molecule has 0 saturated heterocycles. The zero-order chi connectivity index (χ0) is 9.52. The zero-order valence-corrected chi connectivity index (χ0v) is 7.47. The normalized spacial score (nSPS) is 7.69. The molecule has 0 saturated carbocycles. The summed E-state index contributed by atoms with van der Waals surface area (Å²) in [6.45, 7) is 0. The molecule has 0 unspecified atom stereocenters. The Morgan fingerprint density at radius 1 is 1.46 bits per heavy atom. The molecule has 0 aliphatic carbocycles. The molecular formula is C10H5NOS. The Morgan fingerprint density at radius 3 is 3.00 bits per heavy atom. The lowest BCUT2D eigenvalue weighted by Crippen LogP contribution is -1.73. The van der Waals surface area contributed by atoms with Crippen molar-refractivity contribution in [2.45, 2.75) is 0 Å². The highest BCUT2D eigenvalue weighted by Gasteiger charge is 1.89. The lowest BCUT2D eigenvalue weighted by molar-refractivity contribution is -0.103. The summed E-state index contributed by atoms with van der Waals surface area (Å²) in [4.78, 5) is 13.7. The van der Waals surface area contributed by atoms with Gasteiger partial charge in [0.1, 0.15) is 0 Å². The SMILES string of the molecule is O=CC#Cc1cccc(N=C=S)c1. The maximum absolute atomic E-state index is 9.96. The highest BCUT2D eigenvalue weighted by Crippen LogP contribution is 2.12. The first-order chi connectivity index (χ1) is 6.36. The van der Waals surface area contributed by atoms with Crippen LogP contribution in [0.3, 0.4) is 0 Å². The number of nitrogens with zero attached hydrogens (tertiary/aromatic N) is 1. The van der Waals surface area contributed by atoms with Crippen molar-refractivity contribution >= 4 is 29.4 Å². The van der Waals surface area contributed by atoms with E-state index < -0.39 is 0 Å². The van der Waals surface area contributed by atoms with Gasteiger partial charge in [-0.05, 0) is 36.3 Å².